The van der Waals surface area contributed by atoms with Crippen LogP contribution in [-0.4, -0.2) is 16.6 Å². The fourth-order valence-corrected chi connectivity index (χ4v) is 3.12. The third-order valence-corrected chi connectivity index (χ3v) is 4.55. The molecule has 2 heterocycles. The molecule has 2 aromatic rings. The number of hydrogen-bond donors (Lipinski definition) is 1. The summed E-state index contributed by atoms with van der Waals surface area (Å²) < 4.78 is 1.95. The largest absolute Gasteiger partial charge is 1.00 e. The number of aliphatic hydroxyl groups is 1. The van der Waals surface area contributed by atoms with Crippen LogP contribution in [0.25, 0.3) is 0 Å². The van der Waals surface area contributed by atoms with Crippen LogP contribution >= 0.6 is 23.2 Å². The molecule has 1 aromatic carbocycles. The number of hydrogen-bond acceptors (Lipinski definition) is 3. The van der Waals surface area contributed by atoms with Crippen molar-refractivity contribution >= 4 is 29.2 Å². The number of anilines is 1. The molecule has 1 N–H and O–H groups in total. The lowest BCUT2D eigenvalue weighted by atomic mass is 10.0. The lowest BCUT2D eigenvalue weighted by Crippen LogP contribution is -3.00. The molecule has 3 rings (SSSR count). The van der Waals surface area contributed by atoms with Gasteiger partial charge in [-0.05, 0) is 18.1 Å². The third-order valence-electron chi connectivity index (χ3n) is 3.81. The highest BCUT2D eigenvalue weighted by Crippen LogP contribution is 2.36. The van der Waals surface area contributed by atoms with Crippen molar-refractivity contribution < 1.29 is 26.7 Å². The summed E-state index contributed by atoms with van der Waals surface area (Å²) >= 11 is 12.1. The Hall–Kier alpha value is -0.880. The molecule has 1 aromatic heterocycles. The van der Waals surface area contributed by atoms with Gasteiger partial charge in [-0.1, -0.05) is 48.1 Å². The zero-order valence-corrected chi connectivity index (χ0v) is 16.0. The highest BCUT2D eigenvalue weighted by molar-refractivity contribution is 6.42. The number of aromatic nitrogens is 2. The Labute approximate surface area is 156 Å². The van der Waals surface area contributed by atoms with Gasteiger partial charge in [-0.15, -0.1) is 0 Å². The Morgan fingerprint density at radius 2 is 2.09 bits per heavy atom. The maximum atomic E-state index is 11.4. The molecule has 4 nitrogen and oxygen atoms in total. The van der Waals surface area contributed by atoms with Gasteiger partial charge >= 0.3 is 5.95 Å². The fraction of sp³-hybridized carbons (Fsp3) is 0.375. The van der Waals surface area contributed by atoms with Gasteiger partial charge in [0, 0.05) is 11.6 Å². The lowest BCUT2D eigenvalue weighted by Gasteiger charge is -2.29. The molecule has 0 radical (unpaired) electrons. The maximum Gasteiger partial charge on any atom is 0.396 e. The van der Waals surface area contributed by atoms with Gasteiger partial charge in [0.05, 0.1) is 22.8 Å². The van der Waals surface area contributed by atoms with Crippen LogP contribution in [-0.2, 0) is 12.3 Å². The predicted octanol–water partition coefficient (Wildman–Crippen LogP) is 0.00120. The van der Waals surface area contributed by atoms with Crippen molar-refractivity contribution in [1.29, 1.82) is 0 Å². The first-order valence-corrected chi connectivity index (χ1v) is 7.97. The van der Waals surface area contributed by atoms with Crippen molar-refractivity contribution in [3.05, 3.63) is 52.3 Å². The van der Waals surface area contributed by atoms with Gasteiger partial charge < -0.3 is 22.1 Å². The van der Waals surface area contributed by atoms with E-state index >= 15 is 0 Å². The highest BCUT2D eigenvalue weighted by atomic mass is 79.9. The van der Waals surface area contributed by atoms with E-state index in [1.54, 1.807) is 18.3 Å². The molecule has 0 saturated carbocycles. The van der Waals surface area contributed by atoms with E-state index in [4.69, 9.17) is 23.2 Å². The van der Waals surface area contributed by atoms with Crippen LogP contribution in [0, 0.1) is 5.92 Å². The standard InChI is InChI=1S/C16H18Cl2N3O.BrH/c1-11(2)9-21-15-19-6-3-7-20(15)10-16(21,22)12-4-5-13(17)14(18)8-12;/h3-8,11,22H,9-10H2,1-2H3;1H/q+1;/p-1/t16-;/m1./s1. The van der Waals surface area contributed by atoms with Crippen LogP contribution in [0.1, 0.15) is 19.4 Å². The predicted molar refractivity (Wildman–Crippen MR) is 87.0 cm³/mol. The summed E-state index contributed by atoms with van der Waals surface area (Å²) in [6, 6.07) is 7.11. The number of nitrogens with zero attached hydrogens (tertiary/aromatic N) is 3. The molecule has 0 amide bonds. The van der Waals surface area contributed by atoms with Gasteiger partial charge in [-0.2, -0.15) is 0 Å². The molecule has 124 valence electrons. The van der Waals surface area contributed by atoms with E-state index < -0.39 is 5.72 Å². The van der Waals surface area contributed by atoms with Crippen LogP contribution in [0.2, 0.25) is 10.0 Å². The Kier molecular flexibility index (Phi) is 5.56. The van der Waals surface area contributed by atoms with E-state index in [1.165, 1.54) is 0 Å². The summed E-state index contributed by atoms with van der Waals surface area (Å²) in [4.78, 5) is 6.35. The smallest absolute Gasteiger partial charge is 0.396 e. The van der Waals surface area contributed by atoms with E-state index in [1.807, 2.05) is 27.8 Å². The van der Waals surface area contributed by atoms with Crippen molar-refractivity contribution in [3.63, 3.8) is 0 Å². The van der Waals surface area contributed by atoms with Crippen molar-refractivity contribution in [2.75, 3.05) is 11.4 Å². The fourth-order valence-electron chi connectivity index (χ4n) is 2.82. The Morgan fingerprint density at radius 3 is 2.74 bits per heavy atom. The van der Waals surface area contributed by atoms with Gasteiger partial charge in [0.2, 0.25) is 5.72 Å². The Balaban J connectivity index is 0.00000192. The zero-order chi connectivity index (χ0) is 15.9. The monoisotopic (exact) mass is 417 g/mol. The third kappa shape index (κ3) is 3.33. The summed E-state index contributed by atoms with van der Waals surface area (Å²) in [7, 11) is 0. The maximum absolute atomic E-state index is 11.4. The number of halogens is 3. The minimum atomic E-state index is -1.18. The Bertz CT molecular complexity index is 713. The van der Waals surface area contributed by atoms with Gasteiger partial charge in [0.15, 0.2) is 0 Å². The zero-order valence-electron chi connectivity index (χ0n) is 12.9. The second kappa shape index (κ2) is 6.93. The number of benzene rings is 1. The molecule has 1 aliphatic rings. The van der Waals surface area contributed by atoms with Gasteiger partial charge in [-0.3, -0.25) is 0 Å². The summed E-state index contributed by atoms with van der Waals surface area (Å²) in [6.45, 7) is 5.32. The van der Waals surface area contributed by atoms with Crippen LogP contribution in [0.3, 0.4) is 0 Å². The first kappa shape index (κ1) is 18.5. The average Bonchev–Trinajstić information content (AvgIpc) is 2.75. The second-order valence-electron chi connectivity index (χ2n) is 6.00. The van der Waals surface area contributed by atoms with E-state index in [0.29, 0.717) is 34.6 Å². The first-order valence-electron chi connectivity index (χ1n) is 7.22. The van der Waals surface area contributed by atoms with Crippen molar-refractivity contribution in [3.8, 4) is 0 Å². The molecular weight excluding hydrogens is 401 g/mol. The van der Waals surface area contributed by atoms with Gasteiger partial charge in [0.25, 0.3) is 0 Å². The average molecular weight is 419 g/mol. The molecule has 0 spiro atoms. The normalized spacial score (nSPS) is 19.7. The Morgan fingerprint density at radius 1 is 1.35 bits per heavy atom. The van der Waals surface area contributed by atoms with Crippen molar-refractivity contribution in [2.45, 2.75) is 26.1 Å². The van der Waals surface area contributed by atoms with E-state index in [9.17, 15) is 5.11 Å². The van der Waals surface area contributed by atoms with Gasteiger partial charge in [0.1, 0.15) is 12.7 Å². The van der Waals surface area contributed by atoms with E-state index in [2.05, 4.69) is 18.8 Å². The molecule has 1 atom stereocenters. The molecule has 0 saturated heterocycles. The van der Waals surface area contributed by atoms with Crippen LogP contribution < -0.4 is 26.4 Å². The minimum Gasteiger partial charge on any atom is -1.00 e. The van der Waals surface area contributed by atoms with Crippen LogP contribution in [0.4, 0.5) is 5.95 Å². The van der Waals surface area contributed by atoms with Crippen molar-refractivity contribution in [1.82, 2.24) is 4.98 Å². The quantitative estimate of drug-likeness (QED) is 0.713. The van der Waals surface area contributed by atoms with Crippen LogP contribution in [0.5, 0.6) is 0 Å². The molecule has 0 unspecified atom stereocenters. The topological polar surface area (TPSA) is 40.2 Å². The molecule has 23 heavy (non-hydrogen) atoms. The summed E-state index contributed by atoms with van der Waals surface area (Å²) in [5.74, 6) is 1.13. The number of fused-ring (bicyclic) bond motifs is 1. The summed E-state index contributed by atoms with van der Waals surface area (Å²) in [5.41, 5.74) is -0.465. The molecule has 0 bridgehead atoms. The second-order valence-corrected chi connectivity index (χ2v) is 6.81. The van der Waals surface area contributed by atoms with Crippen molar-refractivity contribution in [2.24, 2.45) is 5.92 Å². The molecule has 7 heteroatoms. The number of rotatable bonds is 3. The SMILES string of the molecule is CC(C)CN1c2nccc[n+]2C[C@@]1(O)c1ccc(Cl)c(Cl)c1.[Br-]. The molecular formula is C16H18BrCl2N3O. The molecule has 1 aliphatic heterocycles. The first-order chi connectivity index (χ1) is 10.4. The molecule has 0 fully saturated rings. The minimum absolute atomic E-state index is 0. The highest BCUT2D eigenvalue weighted by Gasteiger charge is 2.51. The van der Waals surface area contributed by atoms with E-state index in [-0.39, 0.29) is 17.0 Å². The summed E-state index contributed by atoms with van der Waals surface area (Å²) in [6.07, 6.45) is 3.66. The van der Waals surface area contributed by atoms with Crippen LogP contribution in [0.15, 0.2) is 36.7 Å². The summed E-state index contributed by atoms with van der Waals surface area (Å²) in [5, 5.41) is 12.3. The van der Waals surface area contributed by atoms with E-state index in [0.717, 1.165) is 5.95 Å². The molecule has 0 aliphatic carbocycles. The lowest BCUT2D eigenvalue weighted by molar-refractivity contribution is -0.685. The van der Waals surface area contributed by atoms with Gasteiger partial charge in [-0.25, -0.2) is 9.47 Å².